The summed E-state index contributed by atoms with van der Waals surface area (Å²) in [7, 11) is 0. The summed E-state index contributed by atoms with van der Waals surface area (Å²) in [5.41, 5.74) is 1.42. The van der Waals surface area contributed by atoms with Crippen molar-refractivity contribution in [3.63, 3.8) is 0 Å². The Bertz CT molecular complexity index is 1530. The summed E-state index contributed by atoms with van der Waals surface area (Å²) >= 11 is 0. The number of nitrogens with one attached hydrogen (secondary N) is 1. The second kappa shape index (κ2) is 24.3. The molecule has 0 radical (unpaired) electrons. The van der Waals surface area contributed by atoms with Gasteiger partial charge in [-0.1, -0.05) is 60.3 Å². The fraction of sp³-hybridized carbons (Fsp3) is 0.595. The maximum absolute atomic E-state index is 13.4. The number of ether oxygens (including phenoxy) is 6. The molecule has 1 N–H and O–H groups in total. The number of amides is 3. The van der Waals surface area contributed by atoms with Crippen LogP contribution in [-0.2, 0) is 23.7 Å². The standard InChI is InChI=1S/C21H29FN2O5.C19H28FNO4.C2H6/c1-4-20(25)24-9-7-17(24)14-29-21(26)23-8-10-27-11-12-28-19-13-16(22)5-6-18(19)15(2)3;1-13(2)16-7-6-14(20)10-17(16)24-9-8-23-15-11-21(12-15)18(22)25-19(3,4)5;1-2/h4-6,13,15,17H,1,7-12,14H2,2-3H3,(H,23,26);6-7,10,13,15H,8-9,11-12H2,1-5H3;1-2H3. The minimum atomic E-state index is -0.552. The second-order valence-electron chi connectivity index (χ2n) is 14.6. The molecule has 1 unspecified atom stereocenters. The number of carbonyl (C=O) groups is 3. The lowest BCUT2D eigenvalue weighted by Gasteiger charge is -2.39. The molecule has 4 rings (SSSR count). The maximum atomic E-state index is 13.4. The maximum Gasteiger partial charge on any atom is 0.410 e. The summed E-state index contributed by atoms with van der Waals surface area (Å²) in [6, 6.07) is 9.03. The Balaban J connectivity index is 0.000000374. The van der Waals surface area contributed by atoms with Gasteiger partial charge in [0.05, 0.1) is 45.1 Å². The summed E-state index contributed by atoms with van der Waals surface area (Å²) in [4.78, 5) is 38.2. The first-order chi connectivity index (χ1) is 26.6. The molecule has 2 aromatic rings. The van der Waals surface area contributed by atoms with Gasteiger partial charge in [-0.05, 0) is 68.4 Å². The van der Waals surface area contributed by atoms with Crippen molar-refractivity contribution in [1.29, 1.82) is 0 Å². The Morgan fingerprint density at radius 3 is 1.91 bits per heavy atom. The largest absolute Gasteiger partial charge is 0.491 e. The summed E-state index contributed by atoms with van der Waals surface area (Å²) in [6.45, 7) is 24.8. The topological polar surface area (TPSA) is 125 Å². The summed E-state index contributed by atoms with van der Waals surface area (Å²) in [5, 5.41) is 2.58. The van der Waals surface area contributed by atoms with Crippen molar-refractivity contribution in [3.05, 3.63) is 71.8 Å². The average Bonchev–Trinajstić information content (AvgIpc) is 3.10. The van der Waals surface area contributed by atoms with E-state index < -0.39 is 11.7 Å². The van der Waals surface area contributed by atoms with E-state index in [1.165, 1.54) is 30.3 Å². The molecule has 2 heterocycles. The Kier molecular flexibility index (Phi) is 20.7. The molecule has 14 heteroatoms. The van der Waals surface area contributed by atoms with Crippen LogP contribution in [0.5, 0.6) is 11.5 Å². The first-order valence-corrected chi connectivity index (χ1v) is 19.4. The van der Waals surface area contributed by atoms with Crippen LogP contribution in [0.15, 0.2) is 49.1 Å². The number of likely N-dealkylation sites (tertiary alicyclic amines) is 2. The van der Waals surface area contributed by atoms with E-state index in [4.69, 9.17) is 28.4 Å². The molecule has 2 fully saturated rings. The van der Waals surface area contributed by atoms with Crippen molar-refractivity contribution >= 4 is 18.1 Å². The Hall–Kier alpha value is -4.43. The van der Waals surface area contributed by atoms with Crippen LogP contribution in [0.1, 0.15) is 91.7 Å². The molecule has 0 aromatic heterocycles. The number of halogens is 2. The van der Waals surface area contributed by atoms with Crippen molar-refractivity contribution in [2.75, 3.05) is 65.8 Å². The van der Waals surface area contributed by atoms with Gasteiger partial charge in [0, 0.05) is 25.2 Å². The Morgan fingerprint density at radius 1 is 0.875 bits per heavy atom. The van der Waals surface area contributed by atoms with Crippen LogP contribution in [-0.4, -0.2) is 111 Å². The lowest BCUT2D eigenvalue weighted by Crippen LogP contribution is -2.56. The number of nitrogens with zero attached hydrogens (tertiary/aromatic N) is 2. The molecule has 0 bridgehead atoms. The molecule has 0 saturated carbocycles. The quantitative estimate of drug-likeness (QED) is 0.126. The van der Waals surface area contributed by atoms with Gasteiger partial charge in [0.1, 0.15) is 48.6 Å². The second-order valence-corrected chi connectivity index (χ2v) is 14.6. The van der Waals surface area contributed by atoms with Crippen molar-refractivity contribution in [3.8, 4) is 11.5 Å². The zero-order valence-electron chi connectivity index (χ0n) is 34.7. The van der Waals surface area contributed by atoms with Gasteiger partial charge in [0.25, 0.3) is 0 Å². The number of carbonyl (C=O) groups excluding carboxylic acids is 3. The number of benzene rings is 2. The van der Waals surface area contributed by atoms with Crippen LogP contribution < -0.4 is 14.8 Å². The smallest absolute Gasteiger partial charge is 0.410 e. The first-order valence-electron chi connectivity index (χ1n) is 19.4. The molecule has 0 spiro atoms. The van der Waals surface area contributed by atoms with Gasteiger partial charge in [-0.25, -0.2) is 18.4 Å². The Labute approximate surface area is 331 Å². The van der Waals surface area contributed by atoms with Crippen molar-refractivity contribution in [2.24, 2.45) is 0 Å². The van der Waals surface area contributed by atoms with Gasteiger partial charge in [0.15, 0.2) is 0 Å². The number of hydrogen-bond donors (Lipinski definition) is 1. The fourth-order valence-corrected chi connectivity index (χ4v) is 5.39. The lowest BCUT2D eigenvalue weighted by atomic mass is 10.0. The molecule has 3 amide bonds. The summed E-state index contributed by atoms with van der Waals surface area (Å²) < 4.78 is 59.5. The molecular weight excluding hydrogens is 728 g/mol. The van der Waals surface area contributed by atoms with Crippen LogP contribution in [0.3, 0.4) is 0 Å². The van der Waals surface area contributed by atoms with Gasteiger partial charge >= 0.3 is 12.2 Å². The predicted octanol–water partition coefficient (Wildman–Crippen LogP) is 7.85. The Morgan fingerprint density at radius 2 is 1.43 bits per heavy atom. The van der Waals surface area contributed by atoms with E-state index in [9.17, 15) is 23.2 Å². The molecular formula is C42H63F2N3O9. The van der Waals surface area contributed by atoms with E-state index in [1.54, 1.807) is 21.9 Å². The molecule has 2 aliphatic rings. The highest BCUT2D eigenvalue weighted by Gasteiger charge is 2.34. The molecule has 314 valence electrons. The van der Waals surface area contributed by atoms with Gasteiger partial charge in [0.2, 0.25) is 5.91 Å². The third kappa shape index (κ3) is 16.7. The molecule has 0 aliphatic carbocycles. The van der Waals surface area contributed by atoms with Crippen LogP contribution >= 0.6 is 0 Å². The highest BCUT2D eigenvalue weighted by molar-refractivity contribution is 5.87. The third-order valence-corrected chi connectivity index (χ3v) is 8.40. The van der Waals surface area contributed by atoms with Gasteiger partial charge in [-0.15, -0.1) is 0 Å². The minimum Gasteiger partial charge on any atom is -0.491 e. The van der Waals surface area contributed by atoms with Gasteiger partial charge in [-0.2, -0.15) is 0 Å². The van der Waals surface area contributed by atoms with Crippen LogP contribution in [0.4, 0.5) is 18.4 Å². The van der Waals surface area contributed by atoms with E-state index in [2.05, 4.69) is 11.9 Å². The molecule has 1 atom stereocenters. The van der Waals surface area contributed by atoms with E-state index in [0.717, 1.165) is 17.5 Å². The van der Waals surface area contributed by atoms with E-state index >= 15 is 0 Å². The summed E-state index contributed by atoms with van der Waals surface area (Å²) in [6.07, 6.45) is 1.19. The summed E-state index contributed by atoms with van der Waals surface area (Å²) in [5.74, 6) is 0.751. The first kappa shape index (κ1) is 47.7. The van der Waals surface area contributed by atoms with E-state index in [-0.39, 0.29) is 67.4 Å². The average molecular weight is 792 g/mol. The highest BCUT2D eigenvalue weighted by atomic mass is 19.1. The fourth-order valence-electron chi connectivity index (χ4n) is 5.39. The zero-order chi connectivity index (χ0) is 41.8. The SMILES string of the molecule is C=CC(=O)N1CCC1COC(=O)NCCOCCOc1cc(F)ccc1C(C)C.CC.CC(C)c1ccc(F)cc1OCCOC1CN(C(=O)OC(C)(C)C)C1. The number of rotatable bonds is 17. The van der Waals surface area contributed by atoms with Crippen LogP contribution in [0, 0.1) is 11.6 Å². The normalized spacial score (nSPS) is 15.0. The van der Waals surface area contributed by atoms with Gasteiger partial charge in [-0.3, -0.25) is 4.79 Å². The van der Waals surface area contributed by atoms with Gasteiger partial charge < -0.3 is 43.5 Å². The number of alkyl carbamates (subject to hydrolysis) is 1. The molecule has 2 saturated heterocycles. The molecule has 12 nitrogen and oxygen atoms in total. The van der Waals surface area contributed by atoms with Crippen molar-refractivity contribution in [1.82, 2.24) is 15.1 Å². The zero-order valence-corrected chi connectivity index (χ0v) is 34.7. The van der Waals surface area contributed by atoms with Crippen molar-refractivity contribution < 1.29 is 51.6 Å². The van der Waals surface area contributed by atoms with Crippen LogP contribution in [0.25, 0.3) is 0 Å². The molecule has 56 heavy (non-hydrogen) atoms. The minimum absolute atomic E-state index is 0.00630. The lowest BCUT2D eigenvalue weighted by molar-refractivity contribution is -0.134. The highest BCUT2D eigenvalue weighted by Crippen LogP contribution is 2.28. The van der Waals surface area contributed by atoms with E-state index in [0.29, 0.717) is 57.6 Å². The predicted molar refractivity (Wildman–Crippen MR) is 211 cm³/mol. The monoisotopic (exact) mass is 791 g/mol. The van der Waals surface area contributed by atoms with Crippen LogP contribution in [0.2, 0.25) is 0 Å². The third-order valence-electron chi connectivity index (χ3n) is 8.40. The number of hydrogen-bond acceptors (Lipinski definition) is 9. The van der Waals surface area contributed by atoms with E-state index in [1.807, 2.05) is 62.3 Å². The molecule has 2 aliphatic heterocycles. The molecule has 2 aromatic carbocycles. The van der Waals surface area contributed by atoms with Crippen molar-refractivity contribution in [2.45, 2.75) is 98.3 Å².